The van der Waals surface area contributed by atoms with Crippen LogP contribution in [0.15, 0.2) is 48.5 Å². The molecule has 98 valence electrons. The van der Waals surface area contributed by atoms with Crippen molar-refractivity contribution in [1.29, 1.82) is 0 Å². The number of halogens is 2. The highest BCUT2D eigenvalue weighted by Gasteiger charge is 2.19. The summed E-state index contributed by atoms with van der Waals surface area (Å²) in [6, 6.07) is 12.7. The summed E-state index contributed by atoms with van der Waals surface area (Å²) >= 11 is 11.6. The van der Waals surface area contributed by atoms with Gasteiger partial charge in [0.1, 0.15) is 0 Å². The second-order valence-corrected chi connectivity index (χ2v) is 4.85. The molecule has 2 N–H and O–H groups in total. The molecular formula is C14H11Cl2NO2. The summed E-state index contributed by atoms with van der Waals surface area (Å²) in [5, 5.41) is 13.4. The van der Waals surface area contributed by atoms with Crippen LogP contribution in [0, 0.1) is 0 Å². The van der Waals surface area contributed by atoms with Crippen LogP contribution in [0.2, 0.25) is 10.0 Å². The second-order valence-electron chi connectivity index (χ2n) is 3.97. The molecule has 2 rings (SSSR count). The maximum atomic E-state index is 11.3. The first kappa shape index (κ1) is 13.7. The number of carboxylic acids is 1. The lowest BCUT2D eigenvalue weighted by molar-refractivity contribution is -0.138. The van der Waals surface area contributed by atoms with Gasteiger partial charge >= 0.3 is 5.97 Å². The smallest absolute Gasteiger partial charge is 0.330 e. The van der Waals surface area contributed by atoms with E-state index in [1.807, 2.05) is 0 Å². The van der Waals surface area contributed by atoms with Crippen molar-refractivity contribution in [2.75, 3.05) is 5.32 Å². The molecule has 0 aromatic heterocycles. The first-order chi connectivity index (χ1) is 9.06. The topological polar surface area (TPSA) is 49.3 Å². The Bertz CT molecular complexity index is 567. The molecule has 19 heavy (non-hydrogen) atoms. The Morgan fingerprint density at radius 2 is 1.42 bits per heavy atom. The van der Waals surface area contributed by atoms with Crippen LogP contribution in [0.3, 0.4) is 0 Å². The monoisotopic (exact) mass is 295 g/mol. The lowest BCUT2D eigenvalue weighted by Gasteiger charge is -2.16. The third-order valence-corrected chi connectivity index (χ3v) is 3.11. The van der Waals surface area contributed by atoms with Crippen molar-refractivity contribution in [2.24, 2.45) is 0 Å². The van der Waals surface area contributed by atoms with E-state index in [0.717, 1.165) is 0 Å². The largest absolute Gasteiger partial charge is 0.479 e. The third kappa shape index (κ3) is 3.63. The summed E-state index contributed by atoms with van der Waals surface area (Å²) in [5.41, 5.74) is 1.32. The predicted octanol–water partition coefficient (Wildman–Crippen LogP) is 4.23. The first-order valence-electron chi connectivity index (χ1n) is 5.56. The Morgan fingerprint density at radius 3 is 1.89 bits per heavy atom. The molecule has 0 unspecified atom stereocenters. The van der Waals surface area contributed by atoms with Gasteiger partial charge in [-0.05, 0) is 42.0 Å². The van der Waals surface area contributed by atoms with E-state index in [1.165, 1.54) is 0 Å². The normalized spacial score (nSPS) is 11.9. The minimum atomic E-state index is -0.961. The molecule has 0 radical (unpaired) electrons. The molecular weight excluding hydrogens is 285 g/mol. The van der Waals surface area contributed by atoms with Crippen LogP contribution < -0.4 is 5.32 Å². The van der Waals surface area contributed by atoms with Crippen LogP contribution >= 0.6 is 23.2 Å². The summed E-state index contributed by atoms with van der Waals surface area (Å²) in [6.45, 7) is 0. The molecule has 3 nitrogen and oxygen atoms in total. The molecule has 0 spiro atoms. The molecule has 0 fully saturated rings. The highest BCUT2D eigenvalue weighted by Crippen LogP contribution is 2.22. The third-order valence-electron chi connectivity index (χ3n) is 2.61. The van der Waals surface area contributed by atoms with Crippen molar-refractivity contribution in [3.8, 4) is 0 Å². The van der Waals surface area contributed by atoms with Gasteiger partial charge in [-0.15, -0.1) is 0 Å². The number of anilines is 1. The minimum Gasteiger partial charge on any atom is -0.479 e. The average Bonchev–Trinajstić information content (AvgIpc) is 2.39. The van der Waals surface area contributed by atoms with Gasteiger partial charge in [-0.3, -0.25) is 0 Å². The van der Waals surface area contributed by atoms with E-state index in [0.29, 0.717) is 21.3 Å². The quantitative estimate of drug-likeness (QED) is 0.887. The van der Waals surface area contributed by atoms with Crippen LogP contribution in [-0.4, -0.2) is 11.1 Å². The predicted molar refractivity (Wildman–Crippen MR) is 76.9 cm³/mol. The molecule has 5 heteroatoms. The Balaban J connectivity index is 2.23. The zero-order valence-corrected chi connectivity index (χ0v) is 11.3. The molecule has 0 aliphatic rings. The zero-order chi connectivity index (χ0) is 13.8. The van der Waals surface area contributed by atoms with Crippen molar-refractivity contribution in [2.45, 2.75) is 6.04 Å². The van der Waals surface area contributed by atoms with Crippen molar-refractivity contribution in [1.82, 2.24) is 0 Å². The SMILES string of the molecule is O=C(O)[C@H](Nc1ccc(Cl)cc1)c1ccc(Cl)cc1. The van der Waals surface area contributed by atoms with E-state index in [9.17, 15) is 9.90 Å². The van der Waals surface area contributed by atoms with E-state index in [4.69, 9.17) is 23.2 Å². The molecule has 0 aliphatic heterocycles. The van der Waals surface area contributed by atoms with Crippen molar-refractivity contribution in [3.63, 3.8) is 0 Å². The van der Waals surface area contributed by atoms with Gasteiger partial charge in [0.25, 0.3) is 0 Å². The molecule has 0 saturated heterocycles. The number of carbonyl (C=O) groups is 1. The molecule has 0 heterocycles. The lowest BCUT2D eigenvalue weighted by Crippen LogP contribution is -2.20. The Kier molecular flexibility index (Phi) is 4.30. The van der Waals surface area contributed by atoms with Gasteiger partial charge < -0.3 is 10.4 Å². The van der Waals surface area contributed by atoms with E-state index in [1.54, 1.807) is 48.5 Å². The second kappa shape index (κ2) is 5.95. The maximum Gasteiger partial charge on any atom is 0.330 e. The van der Waals surface area contributed by atoms with Crippen molar-refractivity contribution >= 4 is 34.9 Å². The molecule has 1 atom stereocenters. The van der Waals surface area contributed by atoms with Crippen LogP contribution in [0.25, 0.3) is 0 Å². The molecule has 2 aromatic carbocycles. The Morgan fingerprint density at radius 1 is 0.947 bits per heavy atom. The van der Waals surface area contributed by atoms with E-state index in [-0.39, 0.29) is 0 Å². The van der Waals surface area contributed by atoms with Gasteiger partial charge in [-0.1, -0.05) is 35.3 Å². The zero-order valence-electron chi connectivity index (χ0n) is 9.81. The fraction of sp³-hybridized carbons (Fsp3) is 0.0714. The van der Waals surface area contributed by atoms with E-state index >= 15 is 0 Å². The molecule has 0 saturated carbocycles. The van der Waals surface area contributed by atoms with Crippen LogP contribution in [0.1, 0.15) is 11.6 Å². The number of hydrogen-bond donors (Lipinski definition) is 2. The van der Waals surface area contributed by atoms with Crippen LogP contribution in [0.4, 0.5) is 5.69 Å². The van der Waals surface area contributed by atoms with Crippen molar-refractivity contribution in [3.05, 3.63) is 64.1 Å². The fourth-order valence-electron chi connectivity index (χ4n) is 1.66. The summed E-state index contributed by atoms with van der Waals surface area (Å²) in [7, 11) is 0. The summed E-state index contributed by atoms with van der Waals surface area (Å²) in [4.78, 5) is 11.3. The summed E-state index contributed by atoms with van der Waals surface area (Å²) in [5.74, 6) is -0.961. The molecule has 0 amide bonds. The van der Waals surface area contributed by atoms with Gasteiger partial charge in [-0.2, -0.15) is 0 Å². The van der Waals surface area contributed by atoms with Crippen LogP contribution in [-0.2, 0) is 4.79 Å². The number of benzene rings is 2. The Hall–Kier alpha value is -1.71. The highest BCUT2D eigenvalue weighted by atomic mass is 35.5. The molecule has 2 aromatic rings. The Labute approximate surface area is 120 Å². The maximum absolute atomic E-state index is 11.3. The minimum absolute atomic E-state index is 0.569. The average molecular weight is 296 g/mol. The molecule has 0 aliphatic carbocycles. The summed E-state index contributed by atoms with van der Waals surface area (Å²) < 4.78 is 0. The van der Waals surface area contributed by atoms with Crippen LogP contribution in [0.5, 0.6) is 0 Å². The van der Waals surface area contributed by atoms with Gasteiger partial charge in [-0.25, -0.2) is 4.79 Å². The van der Waals surface area contributed by atoms with Gasteiger partial charge in [0.05, 0.1) is 0 Å². The number of hydrogen-bond acceptors (Lipinski definition) is 2. The molecule has 0 bridgehead atoms. The standard InChI is InChI=1S/C14H11Cl2NO2/c15-10-3-1-9(2-4-10)13(14(18)19)17-12-7-5-11(16)6-8-12/h1-8,13,17H,(H,18,19)/t13-/m1/s1. The van der Waals surface area contributed by atoms with Gasteiger partial charge in [0.15, 0.2) is 6.04 Å². The first-order valence-corrected chi connectivity index (χ1v) is 6.32. The fourth-order valence-corrected chi connectivity index (χ4v) is 1.91. The lowest BCUT2D eigenvalue weighted by atomic mass is 10.1. The number of nitrogens with one attached hydrogen (secondary N) is 1. The summed E-state index contributed by atoms with van der Waals surface area (Å²) in [6.07, 6.45) is 0. The number of rotatable bonds is 4. The van der Waals surface area contributed by atoms with E-state index < -0.39 is 12.0 Å². The van der Waals surface area contributed by atoms with E-state index in [2.05, 4.69) is 5.32 Å². The van der Waals surface area contributed by atoms with Gasteiger partial charge in [0.2, 0.25) is 0 Å². The highest BCUT2D eigenvalue weighted by molar-refractivity contribution is 6.30. The van der Waals surface area contributed by atoms with Crippen molar-refractivity contribution < 1.29 is 9.90 Å². The number of carboxylic acid groups (broad SMARTS) is 1. The van der Waals surface area contributed by atoms with Gasteiger partial charge in [0, 0.05) is 15.7 Å². The number of aliphatic carboxylic acids is 1.